The second-order valence-electron chi connectivity index (χ2n) is 5.99. The van der Waals surface area contributed by atoms with Crippen molar-refractivity contribution in [1.82, 2.24) is 19.9 Å². The molecule has 0 atom stereocenters. The zero-order valence-corrected chi connectivity index (χ0v) is 13.2. The lowest BCUT2D eigenvalue weighted by Crippen LogP contribution is -2.26. The summed E-state index contributed by atoms with van der Waals surface area (Å²) in [6, 6.07) is 9.77. The minimum absolute atomic E-state index is 0.171. The fraction of sp³-hybridized carbons (Fsp3) is 0.167. The van der Waals surface area contributed by atoms with E-state index in [0.29, 0.717) is 24.5 Å². The van der Waals surface area contributed by atoms with E-state index in [4.69, 9.17) is 5.41 Å². The van der Waals surface area contributed by atoms with Gasteiger partial charge in [0.2, 0.25) is 0 Å². The first kappa shape index (κ1) is 14.4. The third-order valence-corrected chi connectivity index (χ3v) is 4.18. The van der Waals surface area contributed by atoms with E-state index in [-0.39, 0.29) is 11.6 Å². The van der Waals surface area contributed by atoms with Gasteiger partial charge in [0, 0.05) is 18.9 Å². The molecule has 24 heavy (non-hydrogen) atoms. The summed E-state index contributed by atoms with van der Waals surface area (Å²) >= 11 is 0. The number of aliphatic hydroxyl groups excluding tert-OH is 1. The summed E-state index contributed by atoms with van der Waals surface area (Å²) in [5, 5.41) is 18.8. The van der Waals surface area contributed by atoms with Crippen molar-refractivity contribution in [2.75, 3.05) is 6.54 Å². The highest BCUT2D eigenvalue weighted by atomic mass is 16.3. The molecule has 1 aliphatic heterocycles. The van der Waals surface area contributed by atoms with Crippen molar-refractivity contribution in [3.63, 3.8) is 0 Å². The highest BCUT2D eigenvalue weighted by Gasteiger charge is 2.30. The SMILES string of the molecule is Cc1ccc2nc(C3=C(O)CN(Cc4ccncc4)C3=N)[nH]c2c1. The molecule has 3 aromatic rings. The number of hydrogen-bond donors (Lipinski definition) is 3. The monoisotopic (exact) mass is 319 g/mol. The molecule has 6 nitrogen and oxygen atoms in total. The maximum absolute atomic E-state index is 10.4. The molecule has 3 N–H and O–H groups in total. The van der Waals surface area contributed by atoms with Gasteiger partial charge in [-0.3, -0.25) is 10.4 Å². The normalized spacial score (nSPS) is 14.9. The number of fused-ring (bicyclic) bond motifs is 1. The van der Waals surface area contributed by atoms with Crippen LogP contribution in [0.15, 0.2) is 48.5 Å². The Morgan fingerprint density at radius 3 is 2.83 bits per heavy atom. The highest BCUT2D eigenvalue weighted by molar-refractivity contribution is 6.23. The number of hydrogen-bond acceptors (Lipinski definition) is 4. The first-order valence-corrected chi connectivity index (χ1v) is 7.73. The molecule has 6 heteroatoms. The average molecular weight is 319 g/mol. The number of amidine groups is 1. The molecule has 120 valence electrons. The van der Waals surface area contributed by atoms with Gasteiger partial charge in [0.15, 0.2) is 0 Å². The lowest BCUT2D eigenvalue weighted by Gasteiger charge is -2.18. The fourth-order valence-electron chi connectivity index (χ4n) is 2.97. The van der Waals surface area contributed by atoms with Gasteiger partial charge in [-0.15, -0.1) is 0 Å². The minimum atomic E-state index is 0.171. The van der Waals surface area contributed by atoms with Crippen molar-refractivity contribution in [3.8, 4) is 0 Å². The van der Waals surface area contributed by atoms with Gasteiger partial charge in [0.25, 0.3) is 0 Å². The van der Waals surface area contributed by atoms with Crippen molar-refractivity contribution in [3.05, 3.63) is 65.4 Å². The number of aliphatic hydroxyl groups is 1. The van der Waals surface area contributed by atoms with Crippen LogP contribution in [0, 0.1) is 12.3 Å². The van der Waals surface area contributed by atoms with Crippen LogP contribution in [0.25, 0.3) is 16.6 Å². The van der Waals surface area contributed by atoms with Gasteiger partial charge in [-0.25, -0.2) is 4.98 Å². The van der Waals surface area contributed by atoms with Crippen molar-refractivity contribution < 1.29 is 5.11 Å². The van der Waals surface area contributed by atoms with Crippen LogP contribution in [-0.2, 0) is 6.54 Å². The summed E-state index contributed by atoms with van der Waals surface area (Å²) < 4.78 is 0. The Morgan fingerprint density at radius 2 is 2.04 bits per heavy atom. The first-order valence-electron chi connectivity index (χ1n) is 7.73. The first-order chi connectivity index (χ1) is 11.6. The molecule has 1 aliphatic rings. The zero-order chi connectivity index (χ0) is 16.7. The molecule has 0 saturated heterocycles. The number of aromatic nitrogens is 3. The molecule has 0 saturated carbocycles. The molecule has 0 aliphatic carbocycles. The Kier molecular flexibility index (Phi) is 3.30. The zero-order valence-electron chi connectivity index (χ0n) is 13.2. The van der Waals surface area contributed by atoms with E-state index in [1.807, 2.05) is 42.2 Å². The molecule has 1 aromatic carbocycles. The van der Waals surface area contributed by atoms with E-state index in [9.17, 15) is 5.11 Å². The molecule has 4 rings (SSSR count). The predicted molar refractivity (Wildman–Crippen MR) is 92.8 cm³/mol. The van der Waals surface area contributed by atoms with Crippen molar-refractivity contribution in [1.29, 1.82) is 5.41 Å². The highest BCUT2D eigenvalue weighted by Crippen LogP contribution is 2.28. The second kappa shape index (κ2) is 5.49. The summed E-state index contributed by atoms with van der Waals surface area (Å²) in [6.45, 7) is 2.88. The summed E-state index contributed by atoms with van der Waals surface area (Å²) in [6.07, 6.45) is 3.45. The standard InChI is InChI=1S/C18H17N5O/c1-11-2-3-13-14(8-11)22-18(21-13)16-15(24)10-23(17(16)19)9-12-4-6-20-7-5-12/h2-8,19,24H,9-10H2,1H3,(H,21,22). The number of pyridine rings is 1. The summed E-state index contributed by atoms with van der Waals surface area (Å²) in [7, 11) is 0. The van der Waals surface area contributed by atoms with Gasteiger partial charge in [0.05, 0.1) is 23.2 Å². The van der Waals surface area contributed by atoms with Gasteiger partial charge in [-0.2, -0.15) is 0 Å². The van der Waals surface area contributed by atoms with Gasteiger partial charge in [-0.1, -0.05) is 6.07 Å². The number of benzene rings is 1. The van der Waals surface area contributed by atoms with Gasteiger partial charge in [0.1, 0.15) is 17.4 Å². The molecule has 0 radical (unpaired) electrons. The van der Waals surface area contributed by atoms with Gasteiger partial charge < -0.3 is 15.0 Å². The molecule has 0 bridgehead atoms. The molecule has 0 unspecified atom stereocenters. The van der Waals surface area contributed by atoms with E-state index >= 15 is 0 Å². The number of imidazole rings is 1. The predicted octanol–water partition coefficient (Wildman–Crippen LogP) is 3.03. The van der Waals surface area contributed by atoms with E-state index in [2.05, 4.69) is 15.0 Å². The molecule has 0 amide bonds. The van der Waals surface area contributed by atoms with Gasteiger partial charge >= 0.3 is 0 Å². The maximum Gasteiger partial charge on any atom is 0.145 e. The molecule has 0 spiro atoms. The number of rotatable bonds is 3. The smallest absolute Gasteiger partial charge is 0.145 e. The molecular weight excluding hydrogens is 302 g/mol. The lowest BCUT2D eigenvalue weighted by atomic mass is 10.2. The summed E-state index contributed by atoms with van der Waals surface area (Å²) in [4.78, 5) is 13.6. The number of nitrogens with one attached hydrogen (secondary N) is 2. The van der Waals surface area contributed by atoms with Crippen LogP contribution in [0.4, 0.5) is 0 Å². The van der Waals surface area contributed by atoms with Crippen molar-refractivity contribution in [2.45, 2.75) is 13.5 Å². The number of H-pyrrole nitrogens is 1. The third-order valence-electron chi connectivity index (χ3n) is 4.18. The fourth-order valence-corrected chi connectivity index (χ4v) is 2.97. The Balaban J connectivity index is 1.64. The summed E-state index contributed by atoms with van der Waals surface area (Å²) in [5.74, 6) is 0.986. The maximum atomic E-state index is 10.4. The minimum Gasteiger partial charge on any atom is -0.510 e. The van der Waals surface area contributed by atoms with Crippen LogP contribution in [-0.4, -0.2) is 37.3 Å². The Hall–Kier alpha value is -3.15. The topological polar surface area (TPSA) is 88.9 Å². The Labute approximate surface area is 139 Å². The van der Waals surface area contributed by atoms with Crippen LogP contribution in [0.1, 0.15) is 17.0 Å². The molecular formula is C18H17N5O. The van der Waals surface area contributed by atoms with Crippen molar-refractivity contribution >= 4 is 22.4 Å². The third kappa shape index (κ3) is 2.42. The van der Waals surface area contributed by atoms with E-state index in [1.54, 1.807) is 12.4 Å². The second-order valence-corrected chi connectivity index (χ2v) is 5.99. The van der Waals surface area contributed by atoms with Crippen LogP contribution >= 0.6 is 0 Å². The van der Waals surface area contributed by atoms with Gasteiger partial charge in [-0.05, 0) is 42.3 Å². The van der Waals surface area contributed by atoms with Crippen LogP contribution in [0.3, 0.4) is 0 Å². The molecule has 3 heterocycles. The lowest BCUT2D eigenvalue weighted by molar-refractivity contribution is 0.347. The van der Waals surface area contributed by atoms with E-state index in [0.717, 1.165) is 22.2 Å². The quantitative estimate of drug-likeness (QED) is 0.692. The number of nitrogens with zero attached hydrogens (tertiary/aromatic N) is 3. The molecule has 0 fully saturated rings. The van der Waals surface area contributed by atoms with E-state index < -0.39 is 0 Å². The van der Waals surface area contributed by atoms with Crippen LogP contribution < -0.4 is 0 Å². The van der Waals surface area contributed by atoms with E-state index in [1.165, 1.54) is 0 Å². The van der Waals surface area contributed by atoms with Crippen LogP contribution in [0.2, 0.25) is 0 Å². The largest absolute Gasteiger partial charge is 0.510 e. The van der Waals surface area contributed by atoms with Crippen molar-refractivity contribution in [2.24, 2.45) is 0 Å². The molecule has 2 aromatic heterocycles. The van der Waals surface area contributed by atoms with Crippen LogP contribution in [0.5, 0.6) is 0 Å². The number of aromatic amines is 1. The Bertz CT molecular complexity index is 958. The summed E-state index contributed by atoms with van der Waals surface area (Å²) in [5.41, 5.74) is 4.39. The number of aryl methyl sites for hydroxylation is 1. The Morgan fingerprint density at radius 1 is 1.25 bits per heavy atom. The average Bonchev–Trinajstić information content (AvgIpc) is 3.08.